The molecule has 0 heterocycles. The molecule has 0 spiro atoms. The Labute approximate surface area is 158 Å². The zero-order valence-corrected chi connectivity index (χ0v) is 15.2. The van der Waals surface area contributed by atoms with E-state index < -0.39 is 6.04 Å². The molecule has 3 rings (SSSR count). The SMILES string of the molecule is COc1ccc(C)cc1NC(=O)[C@H](Nc1ccc(F)cc1)c1ccccc1. The standard InChI is InChI=1S/C22H21FN2O2/c1-15-8-13-20(27-2)19(14-15)25-22(26)21(16-6-4-3-5-7-16)24-18-11-9-17(23)10-12-18/h3-14,21,24H,1-2H3,(H,25,26)/t21-/m1/s1. The number of nitrogens with one attached hydrogen (secondary N) is 2. The van der Waals surface area contributed by atoms with Crippen LogP contribution in [0, 0.1) is 12.7 Å². The van der Waals surface area contributed by atoms with Crippen LogP contribution in [0.15, 0.2) is 72.8 Å². The number of hydrogen-bond donors (Lipinski definition) is 2. The zero-order valence-electron chi connectivity index (χ0n) is 15.2. The summed E-state index contributed by atoms with van der Waals surface area (Å²) in [5, 5.41) is 6.11. The summed E-state index contributed by atoms with van der Waals surface area (Å²) in [4.78, 5) is 13.1. The highest BCUT2D eigenvalue weighted by atomic mass is 19.1. The van der Waals surface area contributed by atoms with Crippen LogP contribution in [0.5, 0.6) is 5.75 Å². The van der Waals surface area contributed by atoms with Crippen molar-refractivity contribution in [2.75, 3.05) is 17.7 Å². The molecule has 0 fully saturated rings. The first-order valence-corrected chi connectivity index (χ1v) is 8.59. The predicted molar refractivity (Wildman–Crippen MR) is 106 cm³/mol. The number of methoxy groups -OCH3 is 1. The van der Waals surface area contributed by atoms with Crippen molar-refractivity contribution >= 4 is 17.3 Å². The second-order valence-electron chi connectivity index (χ2n) is 6.19. The number of carbonyl (C=O) groups is 1. The van der Waals surface area contributed by atoms with E-state index in [1.807, 2.05) is 55.5 Å². The summed E-state index contributed by atoms with van der Waals surface area (Å²) in [6, 6.07) is 20.2. The number of rotatable bonds is 6. The number of anilines is 2. The van der Waals surface area contributed by atoms with Crippen LogP contribution in [0.25, 0.3) is 0 Å². The maximum atomic E-state index is 13.2. The van der Waals surface area contributed by atoms with Gasteiger partial charge in [-0.15, -0.1) is 0 Å². The van der Waals surface area contributed by atoms with E-state index in [-0.39, 0.29) is 11.7 Å². The van der Waals surface area contributed by atoms with Crippen LogP contribution < -0.4 is 15.4 Å². The largest absolute Gasteiger partial charge is 0.495 e. The van der Waals surface area contributed by atoms with Crippen molar-refractivity contribution in [2.24, 2.45) is 0 Å². The Kier molecular flexibility index (Phi) is 5.71. The Balaban J connectivity index is 1.89. The van der Waals surface area contributed by atoms with Gasteiger partial charge in [-0.25, -0.2) is 4.39 Å². The number of aryl methyl sites for hydroxylation is 1. The molecular weight excluding hydrogens is 343 g/mol. The van der Waals surface area contributed by atoms with Gasteiger partial charge in [0, 0.05) is 5.69 Å². The van der Waals surface area contributed by atoms with E-state index in [2.05, 4.69) is 10.6 Å². The first-order chi connectivity index (χ1) is 13.1. The van der Waals surface area contributed by atoms with Crippen molar-refractivity contribution in [3.05, 3.63) is 89.7 Å². The Bertz CT molecular complexity index is 911. The van der Waals surface area contributed by atoms with Crippen LogP contribution in [0.1, 0.15) is 17.2 Å². The summed E-state index contributed by atoms with van der Waals surface area (Å²) in [7, 11) is 1.56. The number of carbonyl (C=O) groups excluding carboxylic acids is 1. The Morgan fingerprint density at radius 1 is 1.00 bits per heavy atom. The van der Waals surface area contributed by atoms with Gasteiger partial charge in [-0.1, -0.05) is 36.4 Å². The van der Waals surface area contributed by atoms with Crippen molar-refractivity contribution < 1.29 is 13.9 Å². The third-order valence-electron chi connectivity index (χ3n) is 4.16. The van der Waals surface area contributed by atoms with Crippen LogP contribution in [0.2, 0.25) is 0 Å². The molecule has 0 saturated heterocycles. The third kappa shape index (κ3) is 4.64. The minimum absolute atomic E-state index is 0.241. The smallest absolute Gasteiger partial charge is 0.251 e. The summed E-state index contributed by atoms with van der Waals surface area (Å²) < 4.78 is 18.5. The second-order valence-corrected chi connectivity index (χ2v) is 6.19. The van der Waals surface area contributed by atoms with Crippen molar-refractivity contribution in [2.45, 2.75) is 13.0 Å². The van der Waals surface area contributed by atoms with E-state index in [1.54, 1.807) is 19.2 Å². The molecule has 1 amide bonds. The fraction of sp³-hybridized carbons (Fsp3) is 0.136. The maximum Gasteiger partial charge on any atom is 0.251 e. The lowest BCUT2D eigenvalue weighted by Gasteiger charge is -2.21. The van der Waals surface area contributed by atoms with Gasteiger partial charge in [-0.05, 0) is 54.4 Å². The highest BCUT2D eigenvalue weighted by molar-refractivity contribution is 5.98. The highest BCUT2D eigenvalue weighted by Crippen LogP contribution is 2.28. The van der Waals surface area contributed by atoms with Crippen LogP contribution in [0.3, 0.4) is 0 Å². The molecule has 0 aromatic heterocycles. The lowest BCUT2D eigenvalue weighted by Crippen LogP contribution is -2.27. The molecule has 0 saturated carbocycles. The highest BCUT2D eigenvalue weighted by Gasteiger charge is 2.21. The molecular formula is C22H21FN2O2. The van der Waals surface area contributed by atoms with Gasteiger partial charge >= 0.3 is 0 Å². The van der Waals surface area contributed by atoms with Gasteiger partial charge in [-0.2, -0.15) is 0 Å². The van der Waals surface area contributed by atoms with Crippen molar-refractivity contribution in [3.8, 4) is 5.75 Å². The summed E-state index contributed by atoms with van der Waals surface area (Å²) in [6.45, 7) is 1.94. The van der Waals surface area contributed by atoms with E-state index >= 15 is 0 Å². The van der Waals surface area contributed by atoms with Crippen LogP contribution in [-0.2, 0) is 4.79 Å². The minimum Gasteiger partial charge on any atom is -0.495 e. The first kappa shape index (κ1) is 18.5. The summed E-state index contributed by atoms with van der Waals surface area (Å²) in [5.41, 5.74) is 3.06. The molecule has 3 aromatic carbocycles. The molecule has 0 radical (unpaired) electrons. The van der Waals surface area contributed by atoms with E-state index in [9.17, 15) is 9.18 Å². The van der Waals surface area contributed by atoms with Crippen LogP contribution in [0.4, 0.5) is 15.8 Å². The molecule has 0 bridgehead atoms. The summed E-state index contributed by atoms with van der Waals surface area (Å²) >= 11 is 0. The van der Waals surface area contributed by atoms with E-state index in [0.29, 0.717) is 17.1 Å². The van der Waals surface area contributed by atoms with Gasteiger partial charge in [0.05, 0.1) is 12.8 Å². The Morgan fingerprint density at radius 3 is 2.37 bits per heavy atom. The molecule has 2 N–H and O–H groups in total. The van der Waals surface area contributed by atoms with Gasteiger partial charge in [0.25, 0.3) is 5.91 Å². The van der Waals surface area contributed by atoms with Gasteiger partial charge in [-0.3, -0.25) is 4.79 Å². The molecule has 5 heteroatoms. The van der Waals surface area contributed by atoms with Gasteiger partial charge < -0.3 is 15.4 Å². The molecule has 0 aliphatic rings. The molecule has 0 aliphatic heterocycles. The molecule has 27 heavy (non-hydrogen) atoms. The van der Waals surface area contributed by atoms with Crippen molar-refractivity contribution in [3.63, 3.8) is 0 Å². The molecule has 3 aromatic rings. The van der Waals surface area contributed by atoms with Crippen LogP contribution >= 0.6 is 0 Å². The number of halogens is 1. The van der Waals surface area contributed by atoms with Gasteiger partial charge in [0.15, 0.2) is 0 Å². The monoisotopic (exact) mass is 364 g/mol. The van der Waals surface area contributed by atoms with E-state index in [4.69, 9.17) is 4.74 Å². The average Bonchev–Trinajstić information content (AvgIpc) is 2.68. The lowest BCUT2D eigenvalue weighted by molar-refractivity contribution is -0.117. The van der Waals surface area contributed by atoms with Gasteiger partial charge in [0.2, 0.25) is 0 Å². The topological polar surface area (TPSA) is 50.4 Å². The molecule has 4 nitrogen and oxygen atoms in total. The fourth-order valence-corrected chi connectivity index (χ4v) is 2.78. The van der Waals surface area contributed by atoms with Crippen molar-refractivity contribution in [1.82, 2.24) is 0 Å². The third-order valence-corrected chi connectivity index (χ3v) is 4.16. The van der Waals surface area contributed by atoms with Crippen molar-refractivity contribution in [1.29, 1.82) is 0 Å². The number of hydrogen-bond acceptors (Lipinski definition) is 3. The van der Waals surface area contributed by atoms with Crippen LogP contribution in [-0.4, -0.2) is 13.0 Å². The summed E-state index contributed by atoms with van der Waals surface area (Å²) in [6.07, 6.45) is 0. The number of ether oxygens (including phenoxy) is 1. The normalized spacial score (nSPS) is 11.5. The Hall–Kier alpha value is -3.34. The molecule has 1 atom stereocenters. The van der Waals surface area contributed by atoms with E-state index in [0.717, 1.165) is 11.1 Å². The minimum atomic E-state index is -0.651. The molecule has 0 aliphatic carbocycles. The maximum absolute atomic E-state index is 13.2. The lowest BCUT2D eigenvalue weighted by atomic mass is 10.1. The predicted octanol–water partition coefficient (Wildman–Crippen LogP) is 4.93. The zero-order chi connectivity index (χ0) is 19.2. The van der Waals surface area contributed by atoms with E-state index in [1.165, 1.54) is 12.1 Å². The quantitative estimate of drug-likeness (QED) is 0.652. The second kappa shape index (κ2) is 8.36. The molecule has 138 valence electrons. The molecule has 0 unspecified atom stereocenters. The fourth-order valence-electron chi connectivity index (χ4n) is 2.78. The van der Waals surface area contributed by atoms with Gasteiger partial charge in [0.1, 0.15) is 17.6 Å². The average molecular weight is 364 g/mol. The Morgan fingerprint density at radius 2 is 1.70 bits per heavy atom. The first-order valence-electron chi connectivity index (χ1n) is 8.59. The number of amides is 1. The summed E-state index contributed by atoms with van der Waals surface area (Å²) in [5.74, 6) is 0.0164. The number of benzene rings is 3.